The summed E-state index contributed by atoms with van der Waals surface area (Å²) in [7, 11) is 0. The van der Waals surface area contributed by atoms with Crippen molar-refractivity contribution in [1.29, 1.82) is 0 Å². The molecule has 0 spiro atoms. The molecule has 0 aromatic heterocycles. The molecule has 0 heterocycles. The maximum absolute atomic E-state index is 11.2. The van der Waals surface area contributed by atoms with Gasteiger partial charge in [0.2, 0.25) is 5.60 Å². The molecule has 0 bridgehead atoms. The fourth-order valence-corrected chi connectivity index (χ4v) is 1.62. The Kier molecular flexibility index (Phi) is 3.93. The van der Waals surface area contributed by atoms with E-state index in [1.807, 2.05) is 32.0 Å². The summed E-state index contributed by atoms with van der Waals surface area (Å²) in [4.78, 5) is 11.2. The van der Waals surface area contributed by atoms with E-state index in [1.54, 1.807) is 13.0 Å². The number of carbonyl (C=O) groups is 1. The summed E-state index contributed by atoms with van der Waals surface area (Å²) in [6, 6.07) is 7.43. The number of aliphatic carboxylic acids is 1. The van der Waals surface area contributed by atoms with Gasteiger partial charge >= 0.3 is 5.97 Å². The third kappa shape index (κ3) is 2.99. The zero-order valence-electron chi connectivity index (χ0n) is 9.99. The van der Waals surface area contributed by atoms with Crippen molar-refractivity contribution in [1.82, 2.24) is 0 Å². The number of benzene rings is 1. The summed E-state index contributed by atoms with van der Waals surface area (Å²) in [6.07, 6.45) is 1.27. The number of hydrogen-bond acceptors (Lipinski definition) is 2. The zero-order valence-corrected chi connectivity index (χ0v) is 9.99. The van der Waals surface area contributed by atoms with E-state index in [9.17, 15) is 4.79 Å². The van der Waals surface area contributed by atoms with Crippen molar-refractivity contribution < 1.29 is 14.6 Å². The lowest BCUT2D eigenvalue weighted by Gasteiger charge is -2.26. The van der Waals surface area contributed by atoms with Crippen LogP contribution in [0.5, 0.6) is 5.75 Å². The molecule has 1 aromatic carbocycles. The van der Waals surface area contributed by atoms with Crippen LogP contribution in [0.1, 0.15) is 32.3 Å². The molecule has 0 aliphatic carbocycles. The number of aryl methyl sites for hydroxylation is 1. The molecule has 0 fully saturated rings. The minimum Gasteiger partial charge on any atom is -0.478 e. The van der Waals surface area contributed by atoms with Gasteiger partial charge in [-0.25, -0.2) is 4.79 Å². The van der Waals surface area contributed by atoms with E-state index in [4.69, 9.17) is 9.84 Å². The lowest BCUT2D eigenvalue weighted by Crippen LogP contribution is -2.41. The first-order chi connectivity index (χ1) is 7.48. The van der Waals surface area contributed by atoms with Gasteiger partial charge < -0.3 is 9.84 Å². The quantitative estimate of drug-likeness (QED) is 0.833. The third-order valence-electron chi connectivity index (χ3n) is 2.51. The van der Waals surface area contributed by atoms with Crippen molar-refractivity contribution in [2.45, 2.75) is 39.2 Å². The minimum atomic E-state index is -1.14. The Morgan fingerprint density at radius 2 is 2.19 bits per heavy atom. The molecule has 3 heteroatoms. The van der Waals surface area contributed by atoms with Gasteiger partial charge in [0, 0.05) is 0 Å². The Labute approximate surface area is 96.1 Å². The van der Waals surface area contributed by atoms with Crippen LogP contribution in [0.4, 0.5) is 0 Å². The summed E-state index contributed by atoms with van der Waals surface area (Å²) < 4.78 is 5.59. The molecular weight excluding hydrogens is 204 g/mol. The molecule has 0 aliphatic heterocycles. The predicted molar refractivity (Wildman–Crippen MR) is 62.8 cm³/mol. The molecule has 0 saturated carbocycles. The largest absolute Gasteiger partial charge is 0.478 e. The first kappa shape index (κ1) is 12.6. The number of carboxylic acids is 1. The highest BCUT2D eigenvalue weighted by Crippen LogP contribution is 2.23. The topological polar surface area (TPSA) is 46.5 Å². The maximum atomic E-state index is 11.2. The van der Waals surface area contributed by atoms with Gasteiger partial charge in [0.1, 0.15) is 5.75 Å². The SMILES string of the molecule is CCCC(C)(Oc1cccc(C)c1)C(=O)O. The van der Waals surface area contributed by atoms with Gasteiger partial charge in [-0.3, -0.25) is 0 Å². The second kappa shape index (κ2) is 5.01. The van der Waals surface area contributed by atoms with Crippen LogP contribution < -0.4 is 4.74 Å². The van der Waals surface area contributed by atoms with Crippen LogP contribution in [0.3, 0.4) is 0 Å². The van der Waals surface area contributed by atoms with E-state index in [1.165, 1.54) is 0 Å². The first-order valence-electron chi connectivity index (χ1n) is 5.47. The van der Waals surface area contributed by atoms with Crippen molar-refractivity contribution >= 4 is 5.97 Å². The molecule has 1 rings (SSSR count). The van der Waals surface area contributed by atoms with Crippen LogP contribution in [0.2, 0.25) is 0 Å². The average Bonchev–Trinajstić information content (AvgIpc) is 2.17. The minimum absolute atomic E-state index is 0.496. The Balaban J connectivity index is 2.87. The van der Waals surface area contributed by atoms with Crippen LogP contribution >= 0.6 is 0 Å². The third-order valence-corrected chi connectivity index (χ3v) is 2.51. The fraction of sp³-hybridized carbons (Fsp3) is 0.462. The summed E-state index contributed by atoms with van der Waals surface area (Å²) in [5, 5.41) is 9.17. The van der Waals surface area contributed by atoms with Gasteiger partial charge in [-0.15, -0.1) is 0 Å². The van der Waals surface area contributed by atoms with Crippen LogP contribution in [-0.2, 0) is 4.79 Å². The molecule has 16 heavy (non-hydrogen) atoms. The fourth-order valence-electron chi connectivity index (χ4n) is 1.62. The van der Waals surface area contributed by atoms with E-state index in [2.05, 4.69) is 0 Å². The molecule has 1 N–H and O–H groups in total. The maximum Gasteiger partial charge on any atom is 0.347 e. The monoisotopic (exact) mass is 222 g/mol. The summed E-state index contributed by atoms with van der Waals surface area (Å²) in [5.74, 6) is -0.311. The smallest absolute Gasteiger partial charge is 0.347 e. The lowest BCUT2D eigenvalue weighted by molar-refractivity contribution is -0.154. The van der Waals surface area contributed by atoms with Gasteiger partial charge in [-0.2, -0.15) is 0 Å². The highest BCUT2D eigenvalue weighted by Gasteiger charge is 2.34. The average molecular weight is 222 g/mol. The van der Waals surface area contributed by atoms with Crippen molar-refractivity contribution in [3.63, 3.8) is 0 Å². The van der Waals surface area contributed by atoms with E-state index in [-0.39, 0.29) is 0 Å². The Hall–Kier alpha value is -1.51. The molecule has 0 aliphatic rings. The number of hydrogen-bond donors (Lipinski definition) is 1. The molecular formula is C13H18O3. The van der Waals surface area contributed by atoms with Crippen LogP contribution in [0.15, 0.2) is 24.3 Å². The van der Waals surface area contributed by atoms with Crippen molar-refractivity contribution in [2.75, 3.05) is 0 Å². The summed E-state index contributed by atoms with van der Waals surface area (Å²) in [6.45, 7) is 5.51. The second-order valence-electron chi connectivity index (χ2n) is 4.20. The van der Waals surface area contributed by atoms with Gasteiger partial charge in [0.15, 0.2) is 0 Å². The molecule has 0 saturated heterocycles. The molecule has 3 nitrogen and oxygen atoms in total. The van der Waals surface area contributed by atoms with E-state index in [0.717, 1.165) is 12.0 Å². The first-order valence-corrected chi connectivity index (χ1v) is 5.47. The zero-order chi connectivity index (χ0) is 12.2. The lowest BCUT2D eigenvalue weighted by atomic mass is 10.0. The standard InChI is InChI=1S/C13H18O3/c1-4-8-13(3,12(14)15)16-11-7-5-6-10(2)9-11/h5-7,9H,4,8H2,1-3H3,(H,14,15). The predicted octanol–water partition coefficient (Wildman–Crippen LogP) is 3.02. The van der Waals surface area contributed by atoms with Gasteiger partial charge in [-0.05, 0) is 38.0 Å². The van der Waals surface area contributed by atoms with Gasteiger partial charge in [0.25, 0.3) is 0 Å². The highest BCUT2D eigenvalue weighted by atomic mass is 16.5. The summed E-state index contributed by atoms with van der Waals surface area (Å²) in [5.41, 5.74) is -0.0792. The van der Waals surface area contributed by atoms with E-state index < -0.39 is 11.6 Å². The van der Waals surface area contributed by atoms with Crippen molar-refractivity contribution in [3.8, 4) is 5.75 Å². The van der Waals surface area contributed by atoms with Crippen LogP contribution in [0.25, 0.3) is 0 Å². The normalized spacial score (nSPS) is 14.2. The van der Waals surface area contributed by atoms with Crippen molar-refractivity contribution in [3.05, 3.63) is 29.8 Å². The molecule has 0 amide bonds. The highest BCUT2D eigenvalue weighted by molar-refractivity contribution is 5.77. The number of ether oxygens (including phenoxy) is 1. The van der Waals surface area contributed by atoms with Gasteiger partial charge in [0.05, 0.1) is 0 Å². The Morgan fingerprint density at radius 3 is 2.69 bits per heavy atom. The number of carboxylic acid groups (broad SMARTS) is 1. The molecule has 1 atom stereocenters. The van der Waals surface area contributed by atoms with E-state index in [0.29, 0.717) is 12.2 Å². The Morgan fingerprint density at radius 1 is 1.50 bits per heavy atom. The molecule has 88 valence electrons. The molecule has 1 aromatic rings. The van der Waals surface area contributed by atoms with Crippen LogP contribution in [-0.4, -0.2) is 16.7 Å². The van der Waals surface area contributed by atoms with E-state index >= 15 is 0 Å². The second-order valence-corrected chi connectivity index (χ2v) is 4.20. The Bertz CT molecular complexity index is 373. The van der Waals surface area contributed by atoms with Crippen LogP contribution in [0, 0.1) is 6.92 Å². The van der Waals surface area contributed by atoms with Gasteiger partial charge in [-0.1, -0.05) is 25.5 Å². The van der Waals surface area contributed by atoms with Crippen molar-refractivity contribution in [2.24, 2.45) is 0 Å². The summed E-state index contributed by atoms with van der Waals surface area (Å²) >= 11 is 0. The number of rotatable bonds is 5. The molecule has 0 radical (unpaired) electrons. The molecule has 1 unspecified atom stereocenters.